The molecule has 3 heterocycles. The summed E-state index contributed by atoms with van der Waals surface area (Å²) in [5.74, 6) is 1.71. The van der Waals surface area contributed by atoms with E-state index in [-0.39, 0.29) is 23.8 Å². The van der Waals surface area contributed by atoms with Crippen LogP contribution in [0, 0.1) is 11.8 Å². The fourth-order valence-electron chi connectivity index (χ4n) is 5.04. The lowest BCUT2D eigenvalue weighted by atomic mass is 9.88. The molecule has 2 atom stereocenters. The van der Waals surface area contributed by atoms with E-state index in [2.05, 4.69) is 32.1 Å². The molecule has 1 aliphatic carbocycles. The van der Waals surface area contributed by atoms with Crippen LogP contribution in [0.5, 0.6) is 0 Å². The van der Waals surface area contributed by atoms with E-state index in [1.54, 1.807) is 6.33 Å². The number of anilines is 1. The molecule has 1 aliphatic heterocycles. The van der Waals surface area contributed by atoms with Crippen molar-refractivity contribution in [2.45, 2.75) is 57.9 Å². The second-order valence-electron chi connectivity index (χ2n) is 9.10. The zero-order valence-corrected chi connectivity index (χ0v) is 18.6. The smallest absolute Gasteiger partial charge is 0.224 e. The summed E-state index contributed by atoms with van der Waals surface area (Å²) in [4.78, 5) is 41.3. The molecule has 2 fully saturated rings. The van der Waals surface area contributed by atoms with Crippen LogP contribution >= 0.6 is 0 Å². The molecule has 1 saturated carbocycles. The monoisotopic (exact) mass is 426 g/mol. The first kappa shape index (κ1) is 21.6. The Bertz CT molecular complexity index is 906. The van der Waals surface area contributed by atoms with Crippen LogP contribution in [-0.2, 0) is 9.59 Å². The molecule has 2 aromatic rings. The first-order valence-electron chi connectivity index (χ1n) is 11.6. The van der Waals surface area contributed by atoms with Gasteiger partial charge < -0.3 is 20.1 Å². The Morgan fingerprint density at radius 3 is 2.84 bits per heavy atom. The highest BCUT2D eigenvalue weighted by Crippen LogP contribution is 2.29. The van der Waals surface area contributed by atoms with Gasteiger partial charge in [-0.05, 0) is 31.2 Å². The number of hydrogen-bond donors (Lipinski definition) is 2. The summed E-state index contributed by atoms with van der Waals surface area (Å²) in [7, 11) is 2.05. The quantitative estimate of drug-likeness (QED) is 0.741. The molecular formula is C23H34N6O2. The summed E-state index contributed by atoms with van der Waals surface area (Å²) < 4.78 is 0. The average Bonchev–Trinajstić information content (AvgIpc) is 3.28. The van der Waals surface area contributed by atoms with E-state index in [1.807, 2.05) is 24.2 Å². The van der Waals surface area contributed by atoms with Crippen LogP contribution in [-0.4, -0.2) is 64.4 Å². The third-order valence-corrected chi connectivity index (χ3v) is 7.05. The van der Waals surface area contributed by atoms with Crippen LogP contribution in [0.2, 0.25) is 0 Å². The SMILES string of the molecule is CC1CCN(C(=O)CCNC(=O)C2CCCCC2)CC1N(C)c1ncnc2[nH]ccc12. The number of carbonyl (C=O) groups excluding carboxylic acids is 2. The van der Waals surface area contributed by atoms with Crippen LogP contribution in [0.15, 0.2) is 18.6 Å². The molecule has 2 N–H and O–H groups in total. The van der Waals surface area contributed by atoms with Gasteiger partial charge in [0.15, 0.2) is 0 Å². The molecule has 8 heteroatoms. The van der Waals surface area contributed by atoms with Gasteiger partial charge >= 0.3 is 0 Å². The zero-order valence-electron chi connectivity index (χ0n) is 18.6. The third kappa shape index (κ3) is 4.83. The maximum absolute atomic E-state index is 12.9. The molecule has 1 saturated heterocycles. The number of carbonyl (C=O) groups is 2. The van der Waals surface area contributed by atoms with Crippen LogP contribution in [0.1, 0.15) is 51.9 Å². The lowest BCUT2D eigenvalue weighted by Crippen LogP contribution is -2.53. The molecule has 0 spiro atoms. The van der Waals surface area contributed by atoms with Gasteiger partial charge in [-0.1, -0.05) is 26.2 Å². The number of amides is 2. The van der Waals surface area contributed by atoms with Crippen molar-refractivity contribution in [1.82, 2.24) is 25.2 Å². The number of hydrogen-bond acceptors (Lipinski definition) is 5. The normalized spacial score (nSPS) is 22.5. The zero-order chi connectivity index (χ0) is 21.8. The first-order valence-corrected chi connectivity index (χ1v) is 11.6. The van der Waals surface area contributed by atoms with Crippen molar-refractivity contribution in [2.75, 3.05) is 31.6 Å². The molecule has 2 aromatic heterocycles. The average molecular weight is 427 g/mol. The summed E-state index contributed by atoms with van der Waals surface area (Å²) in [6, 6.07) is 2.18. The van der Waals surface area contributed by atoms with Gasteiger partial charge in [0.2, 0.25) is 11.8 Å². The molecule has 0 aromatic carbocycles. The van der Waals surface area contributed by atoms with Crippen LogP contribution in [0.25, 0.3) is 11.0 Å². The Balaban J connectivity index is 1.33. The molecule has 2 amide bonds. The highest BCUT2D eigenvalue weighted by atomic mass is 16.2. The van der Waals surface area contributed by atoms with E-state index >= 15 is 0 Å². The third-order valence-electron chi connectivity index (χ3n) is 7.05. The molecular weight excluding hydrogens is 392 g/mol. The Hall–Kier alpha value is -2.64. The van der Waals surface area contributed by atoms with Crippen LogP contribution in [0.4, 0.5) is 5.82 Å². The Morgan fingerprint density at radius 1 is 1.23 bits per heavy atom. The second kappa shape index (κ2) is 9.66. The molecule has 2 aliphatic rings. The topological polar surface area (TPSA) is 94.2 Å². The standard InChI is InChI=1S/C23H34N6O2/c1-16-10-13-29(20(30)9-12-25-23(31)17-6-4-3-5-7-17)14-19(16)28(2)22-18-8-11-24-21(18)26-15-27-22/h8,11,15-17,19H,3-7,9-10,12-14H2,1-2H3,(H,25,31)(H,24,26,27). The lowest BCUT2D eigenvalue weighted by molar-refractivity contribution is -0.133. The minimum atomic E-state index is 0.115. The van der Waals surface area contributed by atoms with E-state index in [4.69, 9.17) is 0 Å². The van der Waals surface area contributed by atoms with E-state index in [9.17, 15) is 9.59 Å². The van der Waals surface area contributed by atoms with Gasteiger partial charge in [-0.25, -0.2) is 9.97 Å². The molecule has 0 bridgehead atoms. The summed E-state index contributed by atoms with van der Waals surface area (Å²) in [5, 5.41) is 3.98. The van der Waals surface area contributed by atoms with Crippen molar-refractivity contribution in [1.29, 1.82) is 0 Å². The Kier molecular flexibility index (Phi) is 6.73. The minimum absolute atomic E-state index is 0.115. The van der Waals surface area contributed by atoms with E-state index < -0.39 is 0 Å². The number of fused-ring (bicyclic) bond motifs is 1. The number of piperidine rings is 1. The molecule has 168 valence electrons. The number of nitrogens with one attached hydrogen (secondary N) is 2. The Labute approximate surface area is 183 Å². The predicted molar refractivity (Wildman–Crippen MR) is 121 cm³/mol. The van der Waals surface area contributed by atoms with Crippen molar-refractivity contribution in [3.05, 3.63) is 18.6 Å². The second-order valence-corrected chi connectivity index (χ2v) is 9.10. The van der Waals surface area contributed by atoms with Gasteiger partial charge in [0, 0.05) is 45.2 Å². The van der Waals surface area contributed by atoms with Crippen molar-refractivity contribution >= 4 is 28.7 Å². The largest absolute Gasteiger partial charge is 0.355 e. The Morgan fingerprint density at radius 2 is 2.03 bits per heavy atom. The number of likely N-dealkylation sites (tertiary alicyclic amines) is 1. The van der Waals surface area contributed by atoms with Crippen molar-refractivity contribution in [3.8, 4) is 0 Å². The fraction of sp³-hybridized carbons (Fsp3) is 0.652. The van der Waals surface area contributed by atoms with Gasteiger partial charge in [-0.15, -0.1) is 0 Å². The highest BCUT2D eigenvalue weighted by molar-refractivity contribution is 5.87. The van der Waals surface area contributed by atoms with Crippen LogP contribution < -0.4 is 10.2 Å². The van der Waals surface area contributed by atoms with E-state index in [0.29, 0.717) is 25.4 Å². The lowest BCUT2D eigenvalue weighted by Gasteiger charge is -2.42. The van der Waals surface area contributed by atoms with E-state index in [1.165, 1.54) is 6.42 Å². The summed E-state index contributed by atoms with van der Waals surface area (Å²) in [6.45, 7) is 4.10. The van der Waals surface area contributed by atoms with Crippen molar-refractivity contribution in [3.63, 3.8) is 0 Å². The van der Waals surface area contributed by atoms with Crippen molar-refractivity contribution < 1.29 is 9.59 Å². The van der Waals surface area contributed by atoms with Crippen LogP contribution in [0.3, 0.4) is 0 Å². The number of H-pyrrole nitrogens is 1. The highest BCUT2D eigenvalue weighted by Gasteiger charge is 2.32. The van der Waals surface area contributed by atoms with Gasteiger partial charge in [0.05, 0.1) is 11.4 Å². The van der Waals surface area contributed by atoms with Gasteiger partial charge in [-0.3, -0.25) is 9.59 Å². The molecule has 4 rings (SSSR count). The fourth-order valence-corrected chi connectivity index (χ4v) is 5.04. The minimum Gasteiger partial charge on any atom is -0.355 e. The summed E-state index contributed by atoms with van der Waals surface area (Å²) >= 11 is 0. The van der Waals surface area contributed by atoms with Gasteiger partial charge in [0.1, 0.15) is 17.8 Å². The maximum atomic E-state index is 12.9. The molecule has 0 radical (unpaired) electrons. The molecule has 31 heavy (non-hydrogen) atoms. The molecule has 2 unspecified atom stereocenters. The number of aromatic amines is 1. The maximum Gasteiger partial charge on any atom is 0.224 e. The number of nitrogens with zero attached hydrogens (tertiary/aromatic N) is 4. The van der Waals surface area contributed by atoms with Gasteiger partial charge in [0.25, 0.3) is 0 Å². The number of likely N-dealkylation sites (N-methyl/N-ethyl adjacent to an activating group) is 1. The van der Waals surface area contributed by atoms with E-state index in [0.717, 1.165) is 55.5 Å². The number of aromatic nitrogens is 3. The predicted octanol–water partition coefficient (Wildman–Crippen LogP) is 2.72. The summed E-state index contributed by atoms with van der Waals surface area (Å²) in [5.41, 5.74) is 0.821. The number of rotatable bonds is 6. The first-order chi connectivity index (χ1) is 15.0. The van der Waals surface area contributed by atoms with Gasteiger partial charge in [-0.2, -0.15) is 0 Å². The molecule has 8 nitrogen and oxygen atoms in total. The summed E-state index contributed by atoms with van der Waals surface area (Å²) in [6.07, 6.45) is 10.2. The van der Waals surface area contributed by atoms with Crippen molar-refractivity contribution in [2.24, 2.45) is 11.8 Å².